The number of nitrogens with two attached hydrogens (primary N) is 1. The van der Waals surface area contributed by atoms with Gasteiger partial charge in [0.25, 0.3) is 0 Å². The van der Waals surface area contributed by atoms with Crippen LogP contribution >= 0.6 is 11.6 Å². The topological polar surface area (TPSA) is 110 Å². The summed E-state index contributed by atoms with van der Waals surface area (Å²) >= 11 is 6.33. The molecule has 0 heterocycles. The van der Waals surface area contributed by atoms with Crippen LogP contribution in [0.25, 0.3) is 11.1 Å². The van der Waals surface area contributed by atoms with E-state index in [-0.39, 0.29) is 39.0 Å². The zero-order valence-electron chi connectivity index (χ0n) is 17.3. The fourth-order valence-electron chi connectivity index (χ4n) is 3.08. The maximum atomic E-state index is 14.0. The predicted molar refractivity (Wildman–Crippen MR) is 119 cm³/mol. The third-order valence-electron chi connectivity index (χ3n) is 4.65. The Morgan fingerprint density at radius 2 is 1.76 bits per heavy atom. The number of aliphatic carboxylic acids is 1. The van der Waals surface area contributed by atoms with Crippen LogP contribution in [0.4, 0.5) is 14.5 Å². The highest BCUT2D eigenvalue weighted by Gasteiger charge is 2.23. The van der Waals surface area contributed by atoms with Gasteiger partial charge in [-0.25, -0.2) is 22.0 Å². The first-order valence-electron chi connectivity index (χ1n) is 9.42. The van der Waals surface area contributed by atoms with Gasteiger partial charge in [-0.3, -0.25) is 0 Å². The van der Waals surface area contributed by atoms with E-state index in [1.165, 1.54) is 31.3 Å². The van der Waals surface area contributed by atoms with Crippen molar-refractivity contribution in [1.29, 1.82) is 0 Å². The number of carboxylic acids is 1. The summed E-state index contributed by atoms with van der Waals surface area (Å²) < 4.78 is 59.2. The molecule has 3 rings (SSSR count). The molecule has 0 aliphatic rings. The Bertz CT molecular complexity index is 1280. The second kappa shape index (κ2) is 9.74. The second-order valence-corrected chi connectivity index (χ2v) is 9.56. The van der Waals surface area contributed by atoms with E-state index >= 15 is 0 Å². The molecule has 174 valence electrons. The SMILES string of the molecule is CN(Cc1cc(-c2cc(N)cc(F)c2)c(OCC(=O)O)cc1Cl)S(=O)(=O)c1ccc(F)cc1. The Balaban J connectivity index is 2.03. The van der Waals surface area contributed by atoms with Crippen LogP contribution in [0.5, 0.6) is 5.75 Å². The van der Waals surface area contributed by atoms with E-state index in [4.69, 9.17) is 27.2 Å². The lowest BCUT2D eigenvalue weighted by atomic mass is 10.0. The van der Waals surface area contributed by atoms with Crippen LogP contribution in [0.2, 0.25) is 5.02 Å². The predicted octanol–water partition coefficient (Wildman–Crippen LogP) is 4.15. The van der Waals surface area contributed by atoms with Crippen molar-refractivity contribution in [3.8, 4) is 16.9 Å². The molecule has 0 aromatic heterocycles. The molecule has 0 spiro atoms. The molecule has 3 N–H and O–H groups in total. The van der Waals surface area contributed by atoms with Crippen LogP contribution in [0.3, 0.4) is 0 Å². The Morgan fingerprint density at radius 3 is 2.36 bits per heavy atom. The highest BCUT2D eigenvalue weighted by Crippen LogP contribution is 2.37. The third kappa shape index (κ3) is 5.78. The van der Waals surface area contributed by atoms with E-state index in [9.17, 15) is 22.0 Å². The van der Waals surface area contributed by atoms with Crippen LogP contribution in [-0.4, -0.2) is 37.5 Å². The molecule has 0 radical (unpaired) electrons. The van der Waals surface area contributed by atoms with E-state index in [0.29, 0.717) is 5.56 Å². The molecule has 0 saturated carbocycles. The van der Waals surface area contributed by atoms with E-state index in [2.05, 4.69) is 0 Å². The summed E-state index contributed by atoms with van der Waals surface area (Å²) in [4.78, 5) is 10.8. The van der Waals surface area contributed by atoms with Gasteiger partial charge >= 0.3 is 5.97 Å². The maximum absolute atomic E-state index is 14.0. The summed E-state index contributed by atoms with van der Waals surface area (Å²) in [5, 5.41) is 9.05. The number of nitrogen functional groups attached to an aromatic ring is 1. The molecule has 0 aliphatic heterocycles. The number of nitrogens with zero attached hydrogens (tertiary/aromatic N) is 1. The molecule has 0 atom stereocenters. The lowest BCUT2D eigenvalue weighted by Crippen LogP contribution is -2.26. The quantitative estimate of drug-likeness (QED) is 0.453. The van der Waals surface area contributed by atoms with Gasteiger partial charge in [0.1, 0.15) is 17.4 Å². The van der Waals surface area contributed by atoms with Crippen molar-refractivity contribution in [1.82, 2.24) is 4.31 Å². The first kappa shape index (κ1) is 24.4. The zero-order valence-corrected chi connectivity index (χ0v) is 18.8. The number of hydrogen-bond donors (Lipinski definition) is 2. The van der Waals surface area contributed by atoms with Gasteiger partial charge in [0.2, 0.25) is 10.0 Å². The lowest BCUT2D eigenvalue weighted by molar-refractivity contribution is -0.139. The van der Waals surface area contributed by atoms with Crippen molar-refractivity contribution in [3.63, 3.8) is 0 Å². The average Bonchev–Trinajstić information content (AvgIpc) is 2.73. The van der Waals surface area contributed by atoms with Crippen molar-refractivity contribution < 1.29 is 31.8 Å². The van der Waals surface area contributed by atoms with Gasteiger partial charge in [-0.2, -0.15) is 4.31 Å². The third-order valence-corrected chi connectivity index (χ3v) is 6.82. The minimum absolute atomic E-state index is 0.0557. The Kier molecular flexibility index (Phi) is 7.21. The first-order chi connectivity index (χ1) is 15.5. The number of hydrogen-bond acceptors (Lipinski definition) is 5. The van der Waals surface area contributed by atoms with Crippen molar-refractivity contribution >= 4 is 33.3 Å². The Morgan fingerprint density at radius 1 is 1.09 bits per heavy atom. The van der Waals surface area contributed by atoms with Crippen LogP contribution in [0.1, 0.15) is 5.56 Å². The molecule has 0 saturated heterocycles. The second-order valence-electron chi connectivity index (χ2n) is 7.11. The molecular formula is C22H19ClF2N2O5S. The molecule has 0 bridgehead atoms. The van der Waals surface area contributed by atoms with Gasteiger partial charge in [0.15, 0.2) is 6.61 Å². The molecule has 0 amide bonds. The molecular weight excluding hydrogens is 478 g/mol. The number of rotatable bonds is 8. The fourth-order valence-corrected chi connectivity index (χ4v) is 4.45. The minimum atomic E-state index is -3.97. The monoisotopic (exact) mass is 496 g/mol. The minimum Gasteiger partial charge on any atom is -0.481 e. The first-order valence-corrected chi connectivity index (χ1v) is 11.2. The summed E-state index contributed by atoms with van der Waals surface area (Å²) in [5.74, 6) is -2.37. The van der Waals surface area contributed by atoms with Crippen molar-refractivity contribution in [2.45, 2.75) is 11.4 Å². The molecule has 3 aromatic rings. The van der Waals surface area contributed by atoms with Crippen LogP contribution < -0.4 is 10.5 Å². The highest BCUT2D eigenvalue weighted by molar-refractivity contribution is 7.89. The zero-order chi connectivity index (χ0) is 24.3. The highest BCUT2D eigenvalue weighted by atomic mass is 35.5. The van der Waals surface area contributed by atoms with Crippen LogP contribution in [0.15, 0.2) is 59.5 Å². The van der Waals surface area contributed by atoms with Gasteiger partial charge in [-0.1, -0.05) is 11.6 Å². The van der Waals surface area contributed by atoms with Crippen LogP contribution in [0, 0.1) is 11.6 Å². The summed E-state index contributed by atoms with van der Waals surface area (Å²) in [6, 6.07) is 10.9. The molecule has 33 heavy (non-hydrogen) atoms. The van der Waals surface area contributed by atoms with Gasteiger partial charge < -0.3 is 15.6 Å². The maximum Gasteiger partial charge on any atom is 0.341 e. The number of carboxylic acid groups (broad SMARTS) is 1. The largest absolute Gasteiger partial charge is 0.481 e. The molecule has 0 aliphatic carbocycles. The van der Waals surface area contributed by atoms with Crippen molar-refractivity contribution in [3.05, 3.63) is 76.8 Å². The molecule has 3 aromatic carbocycles. The number of halogens is 3. The smallest absolute Gasteiger partial charge is 0.341 e. The van der Waals surface area contributed by atoms with Crippen LogP contribution in [-0.2, 0) is 21.4 Å². The van der Waals surface area contributed by atoms with Gasteiger partial charge in [-0.05, 0) is 65.7 Å². The average molecular weight is 497 g/mol. The molecule has 11 heteroatoms. The summed E-state index contributed by atoms with van der Waals surface area (Å²) in [7, 11) is -2.65. The number of sulfonamides is 1. The Hall–Kier alpha value is -3.21. The number of carbonyl (C=O) groups is 1. The van der Waals surface area contributed by atoms with Gasteiger partial charge in [-0.15, -0.1) is 0 Å². The lowest BCUT2D eigenvalue weighted by Gasteiger charge is -2.20. The number of ether oxygens (including phenoxy) is 1. The van der Waals surface area contributed by atoms with E-state index < -0.39 is 34.2 Å². The summed E-state index contributed by atoms with van der Waals surface area (Å²) in [6.45, 7) is -0.859. The molecule has 7 nitrogen and oxygen atoms in total. The number of anilines is 1. The van der Waals surface area contributed by atoms with Crippen molar-refractivity contribution in [2.75, 3.05) is 19.4 Å². The van der Waals surface area contributed by atoms with E-state index in [1.54, 1.807) is 0 Å². The summed E-state index contributed by atoms with van der Waals surface area (Å²) in [6.07, 6.45) is 0. The number of benzene rings is 3. The summed E-state index contributed by atoms with van der Waals surface area (Å²) in [5.41, 5.74) is 6.76. The molecule has 0 unspecified atom stereocenters. The normalized spacial score (nSPS) is 11.5. The van der Waals surface area contributed by atoms with Gasteiger partial charge in [0, 0.05) is 29.9 Å². The van der Waals surface area contributed by atoms with E-state index in [1.807, 2.05) is 0 Å². The van der Waals surface area contributed by atoms with E-state index in [0.717, 1.165) is 34.6 Å². The Labute approximate surface area is 194 Å². The van der Waals surface area contributed by atoms with Gasteiger partial charge in [0.05, 0.1) is 4.90 Å². The van der Waals surface area contributed by atoms with Crippen molar-refractivity contribution in [2.24, 2.45) is 0 Å². The molecule has 0 fully saturated rings. The standard InChI is InChI=1S/C22H19ClF2N2O5S/c1-27(33(30,31)18-4-2-15(24)3-5-18)11-14-8-19(13-6-16(25)9-17(26)7-13)21(10-20(14)23)32-12-22(28)29/h2-10H,11-12,26H2,1H3,(H,28,29). The fraction of sp³-hybridized carbons (Fsp3) is 0.136.